The first-order valence-electron chi connectivity index (χ1n) is 10.7. The van der Waals surface area contributed by atoms with E-state index in [1.165, 1.54) is 0 Å². The summed E-state index contributed by atoms with van der Waals surface area (Å²) in [6.45, 7) is 14.8. The Bertz CT molecular complexity index is 691. The Hall–Kier alpha value is -1.92. The number of ether oxygens (including phenoxy) is 3. The van der Waals surface area contributed by atoms with Gasteiger partial charge in [0.1, 0.15) is 5.75 Å². The van der Waals surface area contributed by atoms with E-state index in [-0.39, 0.29) is 23.9 Å². The average Bonchev–Trinajstić information content (AvgIpc) is 2.65. The first-order chi connectivity index (χ1) is 13.9. The van der Waals surface area contributed by atoms with Crippen LogP contribution in [0, 0.1) is 0 Å². The molecule has 0 bridgehead atoms. The van der Waals surface area contributed by atoms with Crippen molar-refractivity contribution in [2.24, 2.45) is 0 Å². The molecule has 0 aliphatic carbocycles. The number of rotatable bonds is 13. The van der Waals surface area contributed by atoms with Crippen LogP contribution >= 0.6 is 0 Å². The van der Waals surface area contributed by atoms with Gasteiger partial charge in [0, 0.05) is 12.1 Å². The topological polar surface area (TPSA) is 73.9 Å². The number of ketones is 1. The molecule has 6 nitrogen and oxygen atoms in total. The SMILES string of the molecule is CCCCc1cc(OCC(=O)NCC(C)(C)OCCOC(C)(C)C)ccc1C(C)=O. The fraction of sp³-hybridized carbons (Fsp3) is 0.667. The molecule has 0 aromatic heterocycles. The van der Waals surface area contributed by atoms with Crippen LogP contribution in [-0.2, 0) is 20.7 Å². The molecule has 1 N–H and O–H groups in total. The molecular weight excluding hydrogens is 382 g/mol. The summed E-state index contributed by atoms with van der Waals surface area (Å²) in [6, 6.07) is 5.38. The zero-order chi connectivity index (χ0) is 22.8. The summed E-state index contributed by atoms with van der Waals surface area (Å²) in [5, 5.41) is 2.84. The molecule has 0 fully saturated rings. The van der Waals surface area contributed by atoms with Crippen LogP contribution in [-0.4, -0.2) is 49.3 Å². The molecule has 0 spiro atoms. The highest BCUT2D eigenvalue weighted by Gasteiger charge is 2.20. The van der Waals surface area contributed by atoms with E-state index < -0.39 is 5.60 Å². The molecule has 0 heterocycles. The molecule has 0 aliphatic heterocycles. The Kier molecular flexibility index (Phi) is 10.5. The minimum atomic E-state index is -0.507. The van der Waals surface area contributed by atoms with E-state index in [1.807, 2.05) is 40.7 Å². The highest BCUT2D eigenvalue weighted by Crippen LogP contribution is 2.20. The summed E-state index contributed by atoms with van der Waals surface area (Å²) in [6.07, 6.45) is 2.87. The van der Waals surface area contributed by atoms with Crippen LogP contribution in [0.2, 0.25) is 0 Å². The first-order valence-corrected chi connectivity index (χ1v) is 10.7. The lowest BCUT2D eigenvalue weighted by Crippen LogP contribution is -2.42. The molecule has 0 aliphatic rings. The Morgan fingerprint density at radius 1 is 1.03 bits per heavy atom. The fourth-order valence-corrected chi connectivity index (χ4v) is 2.81. The van der Waals surface area contributed by atoms with Crippen LogP contribution in [0.15, 0.2) is 18.2 Å². The third-order valence-corrected chi connectivity index (χ3v) is 4.45. The Morgan fingerprint density at radius 3 is 2.30 bits per heavy atom. The van der Waals surface area contributed by atoms with Crippen LogP contribution in [0.5, 0.6) is 5.75 Å². The van der Waals surface area contributed by atoms with E-state index in [0.717, 1.165) is 30.4 Å². The molecule has 1 aromatic rings. The molecule has 0 radical (unpaired) electrons. The van der Waals surface area contributed by atoms with Crippen LogP contribution < -0.4 is 10.1 Å². The van der Waals surface area contributed by atoms with Gasteiger partial charge in [-0.1, -0.05) is 13.3 Å². The van der Waals surface area contributed by atoms with Gasteiger partial charge in [0.15, 0.2) is 12.4 Å². The molecule has 1 rings (SSSR count). The van der Waals surface area contributed by atoms with Crippen molar-refractivity contribution in [3.63, 3.8) is 0 Å². The summed E-state index contributed by atoms with van der Waals surface area (Å²) in [5.74, 6) is 0.417. The van der Waals surface area contributed by atoms with Crippen LogP contribution in [0.4, 0.5) is 0 Å². The molecule has 1 amide bonds. The summed E-state index contributed by atoms with van der Waals surface area (Å²) in [4.78, 5) is 24.0. The van der Waals surface area contributed by atoms with E-state index in [2.05, 4.69) is 12.2 Å². The van der Waals surface area contributed by atoms with Gasteiger partial charge in [-0.2, -0.15) is 0 Å². The number of Topliss-reactive ketones (excluding diaryl/α,β-unsaturated/α-hetero) is 1. The highest BCUT2D eigenvalue weighted by atomic mass is 16.5. The number of hydrogen-bond acceptors (Lipinski definition) is 5. The molecule has 0 saturated heterocycles. The van der Waals surface area contributed by atoms with Gasteiger partial charge in [-0.25, -0.2) is 0 Å². The lowest BCUT2D eigenvalue weighted by atomic mass is 9.99. The number of unbranched alkanes of at least 4 members (excludes halogenated alkanes) is 1. The number of carbonyl (C=O) groups is 2. The van der Waals surface area contributed by atoms with Crippen molar-refractivity contribution < 1.29 is 23.8 Å². The molecule has 0 atom stereocenters. The third kappa shape index (κ3) is 10.7. The smallest absolute Gasteiger partial charge is 0.258 e. The van der Waals surface area contributed by atoms with Crippen molar-refractivity contribution in [3.8, 4) is 5.75 Å². The van der Waals surface area contributed by atoms with Crippen LogP contribution in [0.1, 0.15) is 77.2 Å². The maximum absolute atomic E-state index is 12.2. The van der Waals surface area contributed by atoms with Gasteiger partial charge in [0.2, 0.25) is 0 Å². The van der Waals surface area contributed by atoms with Crippen LogP contribution in [0.3, 0.4) is 0 Å². The molecular formula is C24H39NO5. The molecule has 1 aromatic carbocycles. The van der Waals surface area contributed by atoms with E-state index in [0.29, 0.717) is 25.5 Å². The zero-order valence-corrected chi connectivity index (χ0v) is 19.7. The van der Waals surface area contributed by atoms with Crippen LogP contribution in [0.25, 0.3) is 0 Å². The maximum atomic E-state index is 12.2. The molecule has 0 saturated carbocycles. The number of nitrogens with one attached hydrogen (secondary N) is 1. The van der Waals surface area contributed by atoms with Gasteiger partial charge in [0.05, 0.1) is 24.4 Å². The lowest BCUT2D eigenvalue weighted by Gasteiger charge is -2.27. The molecule has 0 unspecified atom stereocenters. The van der Waals surface area contributed by atoms with E-state index >= 15 is 0 Å². The van der Waals surface area contributed by atoms with Gasteiger partial charge < -0.3 is 19.5 Å². The van der Waals surface area contributed by atoms with Crippen molar-refractivity contribution >= 4 is 11.7 Å². The average molecular weight is 422 g/mol. The summed E-state index contributed by atoms with van der Waals surface area (Å²) < 4.78 is 17.1. The van der Waals surface area contributed by atoms with Gasteiger partial charge in [-0.3, -0.25) is 9.59 Å². The highest BCUT2D eigenvalue weighted by molar-refractivity contribution is 5.95. The van der Waals surface area contributed by atoms with E-state index in [1.54, 1.807) is 19.1 Å². The monoisotopic (exact) mass is 421 g/mol. The van der Waals surface area contributed by atoms with Gasteiger partial charge >= 0.3 is 0 Å². The maximum Gasteiger partial charge on any atom is 0.258 e. The number of carbonyl (C=O) groups excluding carboxylic acids is 2. The third-order valence-electron chi connectivity index (χ3n) is 4.45. The fourth-order valence-electron chi connectivity index (χ4n) is 2.81. The zero-order valence-electron chi connectivity index (χ0n) is 19.7. The van der Waals surface area contributed by atoms with Crippen molar-refractivity contribution in [3.05, 3.63) is 29.3 Å². The van der Waals surface area contributed by atoms with Gasteiger partial charge in [0.25, 0.3) is 5.91 Å². The normalized spacial score (nSPS) is 12.0. The van der Waals surface area contributed by atoms with Crippen molar-refractivity contribution in [1.82, 2.24) is 5.32 Å². The molecule has 6 heteroatoms. The number of aryl methyl sites for hydroxylation is 1. The second-order valence-electron chi connectivity index (χ2n) is 9.11. The van der Waals surface area contributed by atoms with Crippen molar-refractivity contribution in [2.75, 3.05) is 26.4 Å². The Morgan fingerprint density at radius 2 is 1.70 bits per heavy atom. The van der Waals surface area contributed by atoms with Crippen molar-refractivity contribution in [2.45, 2.75) is 78.9 Å². The minimum Gasteiger partial charge on any atom is -0.484 e. The second kappa shape index (κ2) is 12.1. The Balaban J connectivity index is 2.47. The summed E-state index contributed by atoms with van der Waals surface area (Å²) in [7, 11) is 0. The summed E-state index contributed by atoms with van der Waals surface area (Å²) >= 11 is 0. The van der Waals surface area contributed by atoms with Crippen molar-refractivity contribution in [1.29, 1.82) is 0 Å². The van der Waals surface area contributed by atoms with E-state index in [4.69, 9.17) is 14.2 Å². The van der Waals surface area contributed by atoms with E-state index in [9.17, 15) is 9.59 Å². The number of amides is 1. The van der Waals surface area contributed by atoms with Gasteiger partial charge in [-0.05, 0) is 78.1 Å². The number of benzene rings is 1. The standard InChI is InChI=1S/C24H39NO5/c1-8-9-10-19-15-20(11-12-21(19)18(2)26)28-16-22(27)25-17-24(6,7)30-14-13-29-23(3,4)5/h11-12,15H,8-10,13-14,16-17H2,1-7H3,(H,25,27). The Labute approximate surface area is 181 Å². The second-order valence-corrected chi connectivity index (χ2v) is 9.11. The first kappa shape index (κ1) is 26.1. The summed E-state index contributed by atoms with van der Waals surface area (Å²) in [5.41, 5.74) is 0.981. The quantitative estimate of drug-likeness (QED) is 0.379. The number of hydrogen-bond donors (Lipinski definition) is 1. The predicted molar refractivity (Wildman–Crippen MR) is 119 cm³/mol. The predicted octanol–water partition coefficient (Wildman–Crippen LogP) is 4.34. The van der Waals surface area contributed by atoms with Gasteiger partial charge in [-0.15, -0.1) is 0 Å². The molecule has 30 heavy (non-hydrogen) atoms. The molecule has 170 valence electrons. The lowest BCUT2D eigenvalue weighted by molar-refractivity contribution is -0.125. The minimum absolute atomic E-state index is 0.0422. The largest absolute Gasteiger partial charge is 0.484 e.